The van der Waals surface area contributed by atoms with E-state index in [4.69, 9.17) is 16.3 Å². The summed E-state index contributed by atoms with van der Waals surface area (Å²) in [7, 11) is 0. The maximum Gasteiger partial charge on any atom is 0.326 e. The summed E-state index contributed by atoms with van der Waals surface area (Å²) in [6, 6.07) is 13.3. The zero-order chi connectivity index (χ0) is 17.1. The normalized spacial score (nSPS) is 16.4. The van der Waals surface area contributed by atoms with Crippen LogP contribution in [0.4, 0.5) is 0 Å². The SMILES string of the molecule is O=C(O)[C@@H]1Cc2ccccc2CN1C(=O)COc1ccc(Cl)cc1. The Balaban J connectivity index is 1.72. The lowest BCUT2D eigenvalue weighted by Crippen LogP contribution is -2.50. The Morgan fingerprint density at radius 1 is 1.12 bits per heavy atom. The predicted octanol–water partition coefficient (Wildman–Crippen LogP) is 2.76. The van der Waals surface area contributed by atoms with E-state index in [1.54, 1.807) is 24.3 Å². The van der Waals surface area contributed by atoms with Crippen LogP contribution in [0.1, 0.15) is 11.1 Å². The highest BCUT2D eigenvalue weighted by Gasteiger charge is 2.34. The van der Waals surface area contributed by atoms with Crippen LogP contribution < -0.4 is 4.74 Å². The molecule has 1 amide bonds. The van der Waals surface area contributed by atoms with Crippen LogP contribution in [0.2, 0.25) is 5.02 Å². The highest BCUT2D eigenvalue weighted by atomic mass is 35.5. The van der Waals surface area contributed by atoms with E-state index in [2.05, 4.69) is 0 Å². The van der Waals surface area contributed by atoms with Gasteiger partial charge in [-0.3, -0.25) is 4.79 Å². The number of hydrogen-bond acceptors (Lipinski definition) is 3. The van der Waals surface area contributed by atoms with Crippen molar-refractivity contribution in [3.05, 3.63) is 64.7 Å². The van der Waals surface area contributed by atoms with E-state index in [1.807, 2.05) is 24.3 Å². The van der Waals surface area contributed by atoms with Crippen LogP contribution in [0.5, 0.6) is 5.75 Å². The van der Waals surface area contributed by atoms with Gasteiger partial charge in [0.05, 0.1) is 0 Å². The van der Waals surface area contributed by atoms with Crippen LogP contribution in [-0.4, -0.2) is 34.5 Å². The number of fused-ring (bicyclic) bond motifs is 1. The van der Waals surface area contributed by atoms with E-state index in [0.29, 0.717) is 17.2 Å². The second kappa shape index (κ2) is 6.93. The number of nitrogens with zero attached hydrogens (tertiary/aromatic N) is 1. The molecule has 0 saturated heterocycles. The van der Waals surface area contributed by atoms with E-state index in [0.717, 1.165) is 11.1 Å². The molecule has 0 radical (unpaired) electrons. The summed E-state index contributed by atoms with van der Waals surface area (Å²) >= 11 is 5.80. The van der Waals surface area contributed by atoms with Crippen LogP contribution in [0.3, 0.4) is 0 Å². The number of hydrogen-bond donors (Lipinski definition) is 1. The van der Waals surface area contributed by atoms with Gasteiger partial charge in [0.1, 0.15) is 11.8 Å². The Morgan fingerprint density at radius 2 is 1.79 bits per heavy atom. The molecular formula is C18H16ClNO4. The number of ether oxygens (including phenoxy) is 1. The van der Waals surface area contributed by atoms with Crippen LogP contribution in [-0.2, 0) is 22.6 Å². The molecule has 1 aliphatic heterocycles. The van der Waals surface area contributed by atoms with Crippen LogP contribution in [0, 0.1) is 0 Å². The number of benzene rings is 2. The van der Waals surface area contributed by atoms with Crippen molar-refractivity contribution in [1.82, 2.24) is 4.90 Å². The smallest absolute Gasteiger partial charge is 0.326 e. The fourth-order valence-corrected chi connectivity index (χ4v) is 2.89. The van der Waals surface area contributed by atoms with Gasteiger partial charge < -0.3 is 14.7 Å². The topological polar surface area (TPSA) is 66.8 Å². The molecule has 2 aromatic carbocycles. The quantitative estimate of drug-likeness (QED) is 0.925. The van der Waals surface area contributed by atoms with Gasteiger partial charge in [-0.05, 0) is 35.4 Å². The van der Waals surface area contributed by atoms with Gasteiger partial charge >= 0.3 is 5.97 Å². The second-order valence-corrected chi connectivity index (χ2v) is 6.03. The lowest BCUT2D eigenvalue weighted by Gasteiger charge is -2.34. The van der Waals surface area contributed by atoms with Gasteiger partial charge in [0.15, 0.2) is 6.61 Å². The molecule has 1 aliphatic rings. The number of carbonyl (C=O) groups is 2. The van der Waals surface area contributed by atoms with Crippen molar-refractivity contribution in [2.75, 3.05) is 6.61 Å². The van der Waals surface area contributed by atoms with Crippen LogP contribution in [0.15, 0.2) is 48.5 Å². The highest BCUT2D eigenvalue weighted by molar-refractivity contribution is 6.30. The molecule has 1 atom stereocenters. The minimum atomic E-state index is -1.01. The van der Waals surface area contributed by atoms with Crippen molar-refractivity contribution in [2.45, 2.75) is 19.0 Å². The zero-order valence-electron chi connectivity index (χ0n) is 12.8. The van der Waals surface area contributed by atoms with E-state index in [-0.39, 0.29) is 19.1 Å². The molecule has 2 aromatic rings. The lowest BCUT2D eigenvalue weighted by molar-refractivity contribution is -0.152. The van der Waals surface area contributed by atoms with Gasteiger partial charge in [-0.1, -0.05) is 35.9 Å². The standard InChI is InChI=1S/C18H16ClNO4/c19-14-5-7-15(8-6-14)24-11-17(21)20-10-13-4-2-1-3-12(13)9-16(20)18(22)23/h1-8,16H,9-11H2,(H,22,23)/t16-/m0/s1. The minimum absolute atomic E-state index is 0.215. The number of amides is 1. The number of carboxylic acid groups (broad SMARTS) is 1. The zero-order valence-corrected chi connectivity index (χ0v) is 13.6. The first-order valence-electron chi connectivity index (χ1n) is 7.52. The minimum Gasteiger partial charge on any atom is -0.484 e. The van der Waals surface area contributed by atoms with Gasteiger partial charge in [0.2, 0.25) is 0 Å². The maximum absolute atomic E-state index is 12.5. The molecule has 5 nitrogen and oxygen atoms in total. The lowest BCUT2D eigenvalue weighted by atomic mass is 9.94. The van der Waals surface area contributed by atoms with E-state index in [9.17, 15) is 14.7 Å². The molecule has 124 valence electrons. The summed E-state index contributed by atoms with van der Waals surface area (Å²) in [4.78, 5) is 25.4. The molecule has 0 saturated carbocycles. The Labute approximate surface area is 144 Å². The van der Waals surface area contributed by atoms with Gasteiger partial charge in [0.25, 0.3) is 5.91 Å². The average molecular weight is 346 g/mol. The summed E-state index contributed by atoms with van der Waals surface area (Å²) in [6.07, 6.45) is 0.304. The molecule has 1 N–H and O–H groups in total. The molecule has 0 aliphatic carbocycles. The molecule has 0 unspecified atom stereocenters. The third kappa shape index (κ3) is 3.51. The third-order valence-electron chi connectivity index (χ3n) is 4.03. The van der Waals surface area contributed by atoms with Gasteiger partial charge in [0, 0.05) is 18.0 Å². The van der Waals surface area contributed by atoms with E-state index >= 15 is 0 Å². The Kier molecular flexibility index (Phi) is 4.71. The molecule has 0 spiro atoms. The van der Waals surface area contributed by atoms with Gasteiger partial charge in [-0.2, -0.15) is 0 Å². The van der Waals surface area contributed by atoms with Crippen molar-refractivity contribution in [3.63, 3.8) is 0 Å². The first kappa shape index (κ1) is 16.3. The maximum atomic E-state index is 12.5. The van der Waals surface area contributed by atoms with Crippen molar-refractivity contribution in [3.8, 4) is 5.75 Å². The molecule has 0 aromatic heterocycles. The van der Waals surface area contributed by atoms with Crippen molar-refractivity contribution in [1.29, 1.82) is 0 Å². The number of aliphatic carboxylic acids is 1. The molecule has 6 heteroatoms. The molecule has 1 heterocycles. The first-order chi connectivity index (χ1) is 11.5. The van der Waals surface area contributed by atoms with Gasteiger partial charge in [-0.25, -0.2) is 4.79 Å². The summed E-state index contributed by atoms with van der Waals surface area (Å²) in [5, 5.41) is 10.0. The Hall–Kier alpha value is -2.53. The number of halogens is 1. The predicted molar refractivity (Wildman–Crippen MR) is 89.1 cm³/mol. The molecule has 0 bridgehead atoms. The first-order valence-corrected chi connectivity index (χ1v) is 7.90. The van der Waals surface area contributed by atoms with Crippen molar-refractivity contribution in [2.24, 2.45) is 0 Å². The van der Waals surface area contributed by atoms with Crippen LogP contribution in [0.25, 0.3) is 0 Å². The molecule has 24 heavy (non-hydrogen) atoms. The summed E-state index contributed by atoms with van der Waals surface area (Å²) in [5.74, 6) is -0.853. The Morgan fingerprint density at radius 3 is 2.46 bits per heavy atom. The number of carbonyl (C=O) groups excluding carboxylic acids is 1. The highest BCUT2D eigenvalue weighted by Crippen LogP contribution is 2.24. The van der Waals surface area contributed by atoms with Crippen molar-refractivity contribution >= 4 is 23.5 Å². The van der Waals surface area contributed by atoms with E-state index < -0.39 is 12.0 Å². The fraction of sp³-hybridized carbons (Fsp3) is 0.222. The average Bonchev–Trinajstić information content (AvgIpc) is 2.59. The van der Waals surface area contributed by atoms with Crippen LogP contribution >= 0.6 is 11.6 Å². The number of rotatable bonds is 4. The second-order valence-electron chi connectivity index (χ2n) is 5.59. The Bertz CT molecular complexity index is 760. The summed E-state index contributed by atoms with van der Waals surface area (Å²) in [5.41, 5.74) is 1.93. The summed E-state index contributed by atoms with van der Waals surface area (Å²) < 4.78 is 5.45. The fourth-order valence-electron chi connectivity index (χ4n) is 2.76. The monoisotopic (exact) mass is 345 g/mol. The summed E-state index contributed by atoms with van der Waals surface area (Å²) in [6.45, 7) is 0.0591. The van der Waals surface area contributed by atoms with Gasteiger partial charge in [-0.15, -0.1) is 0 Å². The van der Waals surface area contributed by atoms with E-state index in [1.165, 1.54) is 4.90 Å². The molecular weight excluding hydrogens is 330 g/mol. The molecule has 0 fully saturated rings. The third-order valence-corrected chi connectivity index (χ3v) is 4.28. The number of carboxylic acids is 1. The largest absolute Gasteiger partial charge is 0.484 e. The molecule has 3 rings (SSSR count). The van der Waals surface area contributed by atoms with Crippen molar-refractivity contribution < 1.29 is 19.4 Å².